The number of hydrogen-bond acceptors (Lipinski definition) is 3. The van der Waals surface area contributed by atoms with Crippen LogP contribution in [0.1, 0.15) is 105 Å². The summed E-state index contributed by atoms with van der Waals surface area (Å²) >= 11 is 0. The maximum absolute atomic E-state index is 7.00. The molecule has 4 aliphatic rings. The van der Waals surface area contributed by atoms with Crippen LogP contribution in [0, 0.1) is 11.8 Å². The standard InChI is InChI=1S/C11H21N.C11H19N.CH4O.B.Na.H/c2*1-9-7-8-11(12-9)10-5-3-2-4-6-10;1-2;;;/h9-12H,2-8H2,1H3;9-10H,2-8H2,1H3;2H,1H3;;;/q;;;;+1;-1. The fraction of sp³-hybridized carbons (Fsp3) is 0.957. The predicted molar refractivity (Wildman–Crippen MR) is 120 cm³/mol. The van der Waals surface area contributed by atoms with Gasteiger partial charge in [-0.05, 0) is 77.0 Å². The molecular formula is C23H45BN2NaO. The van der Waals surface area contributed by atoms with Gasteiger partial charge in [0.2, 0.25) is 0 Å². The zero-order valence-electron chi connectivity index (χ0n) is 20.3. The van der Waals surface area contributed by atoms with E-state index in [0.717, 1.165) is 31.0 Å². The Morgan fingerprint density at radius 3 is 1.86 bits per heavy atom. The first-order chi connectivity index (χ1) is 12.7. The normalized spacial score (nSPS) is 30.6. The molecule has 157 valence electrons. The Balaban J connectivity index is 0. The van der Waals surface area contributed by atoms with E-state index >= 15 is 0 Å². The first-order valence-corrected chi connectivity index (χ1v) is 11.5. The molecule has 3 nitrogen and oxygen atoms in total. The number of aliphatic hydroxyl groups is 1. The van der Waals surface area contributed by atoms with Crippen LogP contribution in [0.2, 0.25) is 0 Å². The Morgan fingerprint density at radius 2 is 1.39 bits per heavy atom. The maximum Gasteiger partial charge on any atom is 1.00 e. The Bertz CT molecular complexity index is 413. The molecule has 3 atom stereocenters. The van der Waals surface area contributed by atoms with E-state index in [1.54, 1.807) is 5.71 Å². The summed E-state index contributed by atoms with van der Waals surface area (Å²) in [5.41, 5.74) is 1.56. The molecule has 2 aliphatic heterocycles. The molecule has 2 heterocycles. The predicted octanol–water partition coefficient (Wildman–Crippen LogP) is 2.24. The van der Waals surface area contributed by atoms with Crippen LogP contribution >= 0.6 is 0 Å². The third kappa shape index (κ3) is 9.64. The van der Waals surface area contributed by atoms with E-state index in [1.165, 1.54) is 89.9 Å². The average molecular weight is 399 g/mol. The largest absolute Gasteiger partial charge is 1.00 e. The molecule has 2 saturated carbocycles. The van der Waals surface area contributed by atoms with E-state index in [-0.39, 0.29) is 39.4 Å². The second-order valence-electron chi connectivity index (χ2n) is 8.99. The van der Waals surface area contributed by atoms with Crippen LogP contribution in [-0.2, 0) is 0 Å². The summed E-state index contributed by atoms with van der Waals surface area (Å²) in [6.07, 6.45) is 20.1. The van der Waals surface area contributed by atoms with Gasteiger partial charge in [0.1, 0.15) is 0 Å². The average Bonchev–Trinajstić information content (AvgIpc) is 3.34. The van der Waals surface area contributed by atoms with Crippen LogP contribution in [0.3, 0.4) is 0 Å². The minimum Gasteiger partial charge on any atom is -1.00 e. The fourth-order valence-corrected chi connectivity index (χ4v) is 5.38. The molecule has 3 fully saturated rings. The van der Waals surface area contributed by atoms with Crippen LogP contribution in [0.5, 0.6) is 0 Å². The van der Waals surface area contributed by atoms with Gasteiger partial charge in [0.05, 0.1) is 0 Å². The number of aliphatic hydroxyl groups excluding tert-OH is 1. The molecule has 3 radical (unpaired) electrons. The Labute approximate surface area is 200 Å². The summed E-state index contributed by atoms with van der Waals surface area (Å²) in [5, 5.41) is 10.7. The van der Waals surface area contributed by atoms with Gasteiger partial charge in [0.25, 0.3) is 0 Å². The summed E-state index contributed by atoms with van der Waals surface area (Å²) in [5.74, 6) is 1.90. The summed E-state index contributed by atoms with van der Waals surface area (Å²) in [4.78, 5) is 4.73. The smallest absolute Gasteiger partial charge is 1.00 e. The van der Waals surface area contributed by atoms with Crippen molar-refractivity contribution < 1.29 is 36.1 Å². The SMILES string of the molecule is CC1CCC(C2CCCCC2)=N1.CC1CCC(C2CCCCC2)N1.CO.[B].[H-].[Na+]. The Morgan fingerprint density at radius 1 is 0.821 bits per heavy atom. The Kier molecular flexibility index (Phi) is 16.7. The third-order valence-electron chi connectivity index (χ3n) is 6.91. The van der Waals surface area contributed by atoms with E-state index in [0.29, 0.717) is 6.04 Å². The maximum atomic E-state index is 7.00. The number of nitrogens with one attached hydrogen (secondary N) is 1. The van der Waals surface area contributed by atoms with Crippen molar-refractivity contribution in [2.24, 2.45) is 16.8 Å². The zero-order chi connectivity index (χ0) is 18.8. The molecular weight excluding hydrogens is 354 g/mol. The molecule has 0 aromatic heterocycles. The van der Waals surface area contributed by atoms with Gasteiger partial charge in [0, 0.05) is 39.4 Å². The first kappa shape index (κ1) is 28.7. The molecule has 5 heteroatoms. The summed E-state index contributed by atoms with van der Waals surface area (Å²) in [6, 6.07) is 2.29. The summed E-state index contributed by atoms with van der Waals surface area (Å²) < 4.78 is 0. The monoisotopic (exact) mass is 399 g/mol. The van der Waals surface area contributed by atoms with Gasteiger partial charge in [-0.1, -0.05) is 38.5 Å². The van der Waals surface area contributed by atoms with E-state index in [9.17, 15) is 0 Å². The van der Waals surface area contributed by atoms with E-state index in [2.05, 4.69) is 19.2 Å². The van der Waals surface area contributed by atoms with Crippen LogP contribution in [0.25, 0.3) is 0 Å². The molecule has 0 spiro atoms. The van der Waals surface area contributed by atoms with Gasteiger partial charge in [0.15, 0.2) is 0 Å². The molecule has 3 unspecified atom stereocenters. The number of nitrogens with zero attached hydrogens (tertiary/aromatic N) is 1. The van der Waals surface area contributed by atoms with E-state index < -0.39 is 0 Å². The van der Waals surface area contributed by atoms with E-state index in [4.69, 9.17) is 10.1 Å². The minimum absolute atomic E-state index is 0. The first-order valence-electron chi connectivity index (χ1n) is 11.5. The van der Waals surface area contributed by atoms with Crippen molar-refractivity contribution in [1.82, 2.24) is 5.32 Å². The van der Waals surface area contributed by atoms with Crippen molar-refractivity contribution >= 4 is 14.1 Å². The minimum atomic E-state index is 0. The molecule has 28 heavy (non-hydrogen) atoms. The number of rotatable bonds is 2. The van der Waals surface area contributed by atoms with Crippen LogP contribution < -0.4 is 34.9 Å². The Hall–Kier alpha value is 0.655. The summed E-state index contributed by atoms with van der Waals surface area (Å²) in [7, 11) is 1.00. The van der Waals surface area contributed by atoms with Crippen molar-refractivity contribution in [2.45, 2.75) is 122 Å². The van der Waals surface area contributed by atoms with Crippen LogP contribution in [-0.4, -0.2) is 44.5 Å². The molecule has 1 saturated heterocycles. The molecule has 0 bridgehead atoms. The molecule has 2 aliphatic carbocycles. The molecule has 2 N–H and O–H groups in total. The second-order valence-corrected chi connectivity index (χ2v) is 8.99. The second kappa shape index (κ2) is 16.4. The van der Waals surface area contributed by atoms with Crippen LogP contribution in [0.4, 0.5) is 0 Å². The van der Waals surface area contributed by atoms with Gasteiger partial charge in [-0.25, -0.2) is 0 Å². The molecule has 0 amide bonds. The van der Waals surface area contributed by atoms with Crippen molar-refractivity contribution in [3.8, 4) is 0 Å². The fourth-order valence-electron chi connectivity index (χ4n) is 5.38. The topological polar surface area (TPSA) is 44.6 Å². The summed E-state index contributed by atoms with van der Waals surface area (Å²) in [6.45, 7) is 4.57. The third-order valence-corrected chi connectivity index (χ3v) is 6.91. The van der Waals surface area contributed by atoms with Crippen molar-refractivity contribution in [3.63, 3.8) is 0 Å². The van der Waals surface area contributed by atoms with Gasteiger partial charge in [-0.2, -0.15) is 0 Å². The van der Waals surface area contributed by atoms with Crippen molar-refractivity contribution in [2.75, 3.05) is 7.11 Å². The molecule has 0 aromatic rings. The molecule has 0 aromatic carbocycles. The van der Waals surface area contributed by atoms with Gasteiger partial charge in [-0.15, -0.1) is 0 Å². The van der Waals surface area contributed by atoms with Crippen molar-refractivity contribution in [3.05, 3.63) is 0 Å². The quantitative estimate of drug-likeness (QED) is 0.700. The van der Waals surface area contributed by atoms with Crippen molar-refractivity contribution in [1.29, 1.82) is 0 Å². The van der Waals surface area contributed by atoms with Gasteiger partial charge in [-0.3, -0.25) is 4.99 Å². The number of aliphatic imine (C=N–C) groups is 1. The van der Waals surface area contributed by atoms with Gasteiger partial charge < -0.3 is 11.8 Å². The van der Waals surface area contributed by atoms with Crippen LogP contribution in [0.15, 0.2) is 4.99 Å². The van der Waals surface area contributed by atoms with Gasteiger partial charge >= 0.3 is 29.6 Å². The number of hydrogen-bond donors (Lipinski definition) is 2. The molecule has 4 rings (SSSR count). The van der Waals surface area contributed by atoms with E-state index in [1.807, 2.05) is 0 Å². The zero-order valence-corrected chi connectivity index (χ0v) is 21.3.